The van der Waals surface area contributed by atoms with E-state index in [-0.39, 0.29) is 0 Å². The fourth-order valence-corrected chi connectivity index (χ4v) is 4.05. The molecule has 116 valence electrons. The predicted molar refractivity (Wildman–Crippen MR) is 90.8 cm³/mol. The first kappa shape index (κ1) is 14.9. The third-order valence-electron chi connectivity index (χ3n) is 5.22. The topological polar surface area (TPSA) is 15.3 Å². The molecule has 2 aliphatic rings. The smallest absolute Gasteiger partial charge is 0.0375 e. The zero-order valence-corrected chi connectivity index (χ0v) is 13.5. The van der Waals surface area contributed by atoms with E-state index in [1.165, 1.54) is 63.7 Å². The lowest BCUT2D eigenvalue weighted by atomic mass is 9.96. The predicted octanol–water partition coefficient (Wildman–Crippen LogP) is 4.45. The minimum Gasteiger partial charge on any atom is -0.385 e. The fourth-order valence-electron chi connectivity index (χ4n) is 4.05. The molecule has 0 aliphatic carbocycles. The van der Waals surface area contributed by atoms with Crippen LogP contribution in [0.25, 0.3) is 0 Å². The minimum atomic E-state index is 0.978. The van der Waals surface area contributed by atoms with Crippen LogP contribution >= 0.6 is 0 Å². The van der Waals surface area contributed by atoms with E-state index in [2.05, 4.69) is 35.3 Å². The van der Waals surface area contributed by atoms with Gasteiger partial charge in [-0.25, -0.2) is 0 Å². The molecule has 1 saturated heterocycles. The van der Waals surface area contributed by atoms with Gasteiger partial charge in [-0.3, -0.25) is 4.90 Å². The van der Waals surface area contributed by atoms with Gasteiger partial charge in [0.25, 0.3) is 0 Å². The van der Waals surface area contributed by atoms with Crippen molar-refractivity contribution in [2.45, 2.75) is 58.4 Å². The highest BCUT2D eigenvalue weighted by Gasteiger charge is 2.19. The van der Waals surface area contributed by atoms with Crippen molar-refractivity contribution in [3.8, 4) is 0 Å². The minimum absolute atomic E-state index is 0.978. The lowest BCUT2D eigenvalue weighted by Gasteiger charge is -2.25. The van der Waals surface area contributed by atoms with Gasteiger partial charge in [0.1, 0.15) is 0 Å². The Morgan fingerprint density at radius 3 is 3.05 bits per heavy atom. The number of fused-ring (bicyclic) bond motifs is 1. The van der Waals surface area contributed by atoms with Crippen LogP contribution in [0.1, 0.15) is 56.6 Å². The molecule has 0 radical (unpaired) electrons. The maximum Gasteiger partial charge on any atom is 0.0375 e. The van der Waals surface area contributed by atoms with Gasteiger partial charge in [-0.15, -0.1) is 0 Å². The monoisotopic (exact) mass is 286 g/mol. The van der Waals surface area contributed by atoms with E-state index in [1.54, 1.807) is 11.1 Å². The first-order chi connectivity index (χ1) is 10.4. The van der Waals surface area contributed by atoms with Crippen molar-refractivity contribution in [3.05, 3.63) is 29.3 Å². The van der Waals surface area contributed by atoms with Crippen LogP contribution in [0.4, 0.5) is 5.69 Å². The lowest BCUT2D eigenvalue weighted by Crippen LogP contribution is -2.25. The first-order valence-electron chi connectivity index (χ1n) is 8.94. The Balaban J connectivity index is 1.64. The SMILES string of the molecule is CCCC1CCCN(Cc2cccc3c2CCCN3)CC1. The molecule has 2 heterocycles. The summed E-state index contributed by atoms with van der Waals surface area (Å²) in [4.78, 5) is 2.69. The molecule has 0 spiro atoms. The summed E-state index contributed by atoms with van der Waals surface area (Å²) < 4.78 is 0. The summed E-state index contributed by atoms with van der Waals surface area (Å²) in [6, 6.07) is 6.82. The van der Waals surface area contributed by atoms with Gasteiger partial charge in [0.05, 0.1) is 0 Å². The highest BCUT2D eigenvalue weighted by molar-refractivity contribution is 5.56. The number of likely N-dealkylation sites (tertiary alicyclic amines) is 1. The van der Waals surface area contributed by atoms with E-state index in [4.69, 9.17) is 0 Å². The maximum absolute atomic E-state index is 3.56. The lowest BCUT2D eigenvalue weighted by molar-refractivity contribution is 0.270. The zero-order valence-electron chi connectivity index (χ0n) is 13.5. The second-order valence-corrected chi connectivity index (χ2v) is 6.84. The second kappa shape index (κ2) is 7.31. The van der Waals surface area contributed by atoms with E-state index in [0.29, 0.717) is 0 Å². The van der Waals surface area contributed by atoms with Crippen molar-refractivity contribution >= 4 is 5.69 Å². The Kier molecular flexibility index (Phi) is 5.18. The van der Waals surface area contributed by atoms with Gasteiger partial charge >= 0.3 is 0 Å². The molecule has 1 fully saturated rings. The number of anilines is 1. The summed E-state index contributed by atoms with van der Waals surface area (Å²) in [6.07, 6.45) is 9.55. The Bertz CT molecular complexity index is 455. The van der Waals surface area contributed by atoms with Crippen LogP contribution in [0.5, 0.6) is 0 Å². The van der Waals surface area contributed by atoms with E-state index in [9.17, 15) is 0 Å². The maximum atomic E-state index is 3.56. The van der Waals surface area contributed by atoms with E-state index in [1.807, 2.05) is 0 Å². The summed E-state index contributed by atoms with van der Waals surface area (Å²) in [6.45, 7) is 7.20. The fraction of sp³-hybridized carbons (Fsp3) is 0.684. The van der Waals surface area contributed by atoms with Crippen LogP contribution in [0, 0.1) is 5.92 Å². The van der Waals surface area contributed by atoms with Gasteiger partial charge in [-0.05, 0) is 68.3 Å². The zero-order chi connectivity index (χ0) is 14.5. The third kappa shape index (κ3) is 3.79. The molecule has 0 amide bonds. The number of nitrogens with zero attached hydrogens (tertiary/aromatic N) is 1. The number of benzene rings is 1. The summed E-state index contributed by atoms with van der Waals surface area (Å²) in [7, 11) is 0. The Hall–Kier alpha value is -1.02. The largest absolute Gasteiger partial charge is 0.385 e. The van der Waals surface area contributed by atoms with Gasteiger partial charge in [-0.2, -0.15) is 0 Å². The number of hydrogen-bond acceptors (Lipinski definition) is 2. The van der Waals surface area contributed by atoms with E-state index < -0.39 is 0 Å². The Morgan fingerprint density at radius 2 is 2.14 bits per heavy atom. The van der Waals surface area contributed by atoms with Crippen LogP contribution in [-0.2, 0) is 13.0 Å². The highest BCUT2D eigenvalue weighted by Crippen LogP contribution is 2.28. The number of hydrogen-bond donors (Lipinski definition) is 1. The molecule has 0 aromatic heterocycles. The van der Waals surface area contributed by atoms with Gasteiger partial charge in [0, 0.05) is 18.8 Å². The van der Waals surface area contributed by atoms with E-state index in [0.717, 1.165) is 19.0 Å². The molecular weight excluding hydrogens is 256 g/mol. The molecule has 0 bridgehead atoms. The van der Waals surface area contributed by atoms with Gasteiger partial charge in [0.2, 0.25) is 0 Å². The molecule has 0 saturated carbocycles. The third-order valence-corrected chi connectivity index (χ3v) is 5.22. The molecule has 2 aliphatic heterocycles. The van der Waals surface area contributed by atoms with Crippen LogP contribution in [0.3, 0.4) is 0 Å². The Morgan fingerprint density at radius 1 is 1.19 bits per heavy atom. The van der Waals surface area contributed by atoms with Crippen molar-refractivity contribution in [2.24, 2.45) is 5.92 Å². The average molecular weight is 286 g/mol. The van der Waals surface area contributed by atoms with Gasteiger partial charge < -0.3 is 5.32 Å². The van der Waals surface area contributed by atoms with Crippen molar-refractivity contribution in [1.29, 1.82) is 0 Å². The number of rotatable bonds is 4. The van der Waals surface area contributed by atoms with E-state index >= 15 is 0 Å². The molecule has 2 nitrogen and oxygen atoms in total. The van der Waals surface area contributed by atoms with Crippen molar-refractivity contribution in [3.63, 3.8) is 0 Å². The first-order valence-corrected chi connectivity index (χ1v) is 8.94. The van der Waals surface area contributed by atoms with Crippen molar-refractivity contribution < 1.29 is 0 Å². The normalized spacial score (nSPS) is 23.2. The van der Waals surface area contributed by atoms with Crippen molar-refractivity contribution in [1.82, 2.24) is 4.90 Å². The summed E-state index contributed by atoms with van der Waals surface area (Å²) in [5.41, 5.74) is 4.53. The highest BCUT2D eigenvalue weighted by atomic mass is 15.1. The Labute approximate surface area is 129 Å². The molecule has 2 heteroatoms. The molecule has 1 atom stereocenters. The molecule has 1 unspecified atom stereocenters. The van der Waals surface area contributed by atoms with Crippen LogP contribution in [0.2, 0.25) is 0 Å². The van der Waals surface area contributed by atoms with Crippen LogP contribution in [0.15, 0.2) is 18.2 Å². The van der Waals surface area contributed by atoms with Crippen LogP contribution in [-0.4, -0.2) is 24.5 Å². The average Bonchev–Trinajstić information content (AvgIpc) is 2.74. The molecule has 1 aromatic rings. The summed E-state index contributed by atoms with van der Waals surface area (Å²) in [5, 5.41) is 3.56. The summed E-state index contributed by atoms with van der Waals surface area (Å²) >= 11 is 0. The van der Waals surface area contributed by atoms with Gasteiger partial charge in [-0.1, -0.05) is 31.9 Å². The molecule has 1 aromatic carbocycles. The van der Waals surface area contributed by atoms with Crippen LogP contribution < -0.4 is 5.32 Å². The molecule has 1 N–H and O–H groups in total. The van der Waals surface area contributed by atoms with Crippen molar-refractivity contribution in [2.75, 3.05) is 25.0 Å². The molecular formula is C19H30N2. The molecule has 3 rings (SSSR count). The van der Waals surface area contributed by atoms with Gasteiger partial charge in [0.15, 0.2) is 0 Å². The molecule has 21 heavy (non-hydrogen) atoms. The number of nitrogens with one attached hydrogen (secondary N) is 1. The second-order valence-electron chi connectivity index (χ2n) is 6.84. The standard InChI is InChI=1S/C19H30N2/c1-2-6-16-7-5-13-21(14-11-16)15-17-8-3-10-19-18(17)9-4-12-20-19/h3,8,10,16,20H,2,4-7,9,11-15H2,1H3. The summed E-state index contributed by atoms with van der Waals surface area (Å²) in [5.74, 6) is 0.978. The quantitative estimate of drug-likeness (QED) is 0.880.